The number of benzene rings is 1. The van der Waals surface area contributed by atoms with Crippen molar-refractivity contribution >= 4 is 23.1 Å². The molecule has 3 rings (SSSR count). The summed E-state index contributed by atoms with van der Waals surface area (Å²) in [7, 11) is 0. The van der Waals surface area contributed by atoms with E-state index in [9.17, 15) is 9.59 Å². The average molecular weight is 328 g/mol. The third kappa shape index (κ3) is 3.51. The summed E-state index contributed by atoms with van der Waals surface area (Å²) in [5.41, 5.74) is 0.793. The van der Waals surface area contributed by atoms with Crippen molar-refractivity contribution in [1.29, 1.82) is 0 Å². The Kier molecular flexibility index (Phi) is 4.29. The van der Waals surface area contributed by atoms with Crippen molar-refractivity contribution in [3.05, 3.63) is 58.1 Å². The van der Waals surface area contributed by atoms with Gasteiger partial charge in [-0.3, -0.25) is 4.79 Å². The summed E-state index contributed by atoms with van der Waals surface area (Å²) >= 11 is 1.10. The largest absolute Gasteiger partial charge is 0.451 e. The molecule has 0 radical (unpaired) electrons. The van der Waals surface area contributed by atoms with Crippen LogP contribution in [-0.4, -0.2) is 21.9 Å². The lowest BCUT2D eigenvalue weighted by molar-refractivity contribution is 0.0444. The minimum Gasteiger partial charge on any atom is -0.451 e. The number of carbonyl (C=O) groups is 2. The van der Waals surface area contributed by atoms with Gasteiger partial charge < -0.3 is 9.15 Å². The van der Waals surface area contributed by atoms with Crippen LogP contribution >= 0.6 is 11.3 Å². The zero-order valence-electron chi connectivity index (χ0n) is 12.2. The van der Waals surface area contributed by atoms with Gasteiger partial charge in [-0.2, -0.15) is 0 Å². The number of ketones is 1. The zero-order chi connectivity index (χ0) is 16.2. The molecule has 116 valence electrons. The monoisotopic (exact) mass is 328 g/mol. The van der Waals surface area contributed by atoms with Crippen LogP contribution in [0.4, 0.5) is 0 Å². The second-order valence-corrected chi connectivity index (χ2v) is 5.75. The highest BCUT2D eigenvalue weighted by Gasteiger charge is 2.15. The second-order valence-electron chi connectivity index (χ2n) is 4.66. The summed E-state index contributed by atoms with van der Waals surface area (Å²) in [6.45, 7) is 1.33. The van der Waals surface area contributed by atoms with Crippen LogP contribution in [0, 0.1) is 0 Å². The Bertz CT molecular complexity index is 839. The van der Waals surface area contributed by atoms with Crippen molar-refractivity contribution in [3.8, 4) is 11.5 Å². The number of rotatable bonds is 5. The molecule has 0 unspecified atom stereocenters. The second kappa shape index (κ2) is 6.53. The predicted molar refractivity (Wildman–Crippen MR) is 83.2 cm³/mol. The molecule has 0 amide bonds. The molecule has 0 spiro atoms. The van der Waals surface area contributed by atoms with Gasteiger partial charge in [-0.05, 0) is 31.2 Å². The van der Waals surface area contributed by atoms with E-state index >= 15 is 0 Å². The molecule has 0 aliphatic heterocycles. The van der Waals surface area contributed by atoms with E-state index in [0.717, 1.165) is 16.9 Å². The molecule has 23 heavy (non-hydrogen) atoms. The van der Waals surface area contributed by atoms with Crippen molar-refractivity contribution < 1.29 is 18.7 Å². The van der Waals surface area contributed by atoms with Crippen LogP contribution in [-0.2, 0) is 11.3 Å². The Hall–Kier alpha value is -2.80. The van der Waals surface area contributed by atoms with Gasteiger partial charge in [-0.1, -0.05) is 18.2 Å². The Morgan fingerprint density at radius 3 is 2.52 bits per heavy atom. The summed E-state index contributed by atoms with van der Waals surface area (Å²) < 4.78 is 10.6. The molecule has 2 aromatic heterocycles. The van der Waals surface area contributed by atoms with E-state index < -0.39 is 5.97 Å². The number of ether oxygens (including phenoxy) is 1. The van der Waals surface area contributed by atoms with Gasteiger partial charge in [-0.15, -0.1) is 21.5 Å². The molecule has 0 saturated carbocycles. The molecule has 0 saturated heterocycles. The van der Waals surface area contributed by atoms with Crippen LogP contribution in [0.15, 0.2) is 46.9 Å². The Balaban J connectivity index is 1.63. The van der Waals surface area contributed by atoms with Crippen molar-refractivity contribution in [2.75, 3.05) is 0 Å². The van der Waals surface area contributed by atoms with Gasteiger partial charge in [0, 0.05) is 5.56 Å². The van der Waals surface area contributed by atoms with E-state index in [-0.39, 0.29) is 18.3 Å². The molecule has 0 fully saturated rings. The van der Waals surface area contributed by atoms with Crippen molar-refractivity contribution in [3.63, 3.8) is 0 Å². The van der Waals surface area contributed by atoms with Gasteiger partial charge in [0.25, 0.3) is 5.89 Å². The molecule has 7 heteroatoms. The molecule has 0 bridgehead atoms. The highest BCUT2D eigenvalue weighted by Crippen LogP contribution is 2.20. The number of nitrogens with zero attached hydrogens (tertiary/aromatic N) is 2. The molecule has 2 heterocycles. The number of Topliss-reactive ketones (excluding diaryl/α,β-unsaturated/α-hetero) is 1. The van der Waals surface area contributed by atoms with Gasteiger partial charge >= 0.3 is 5.97 Å². The minimum absolute atomic E-state index is 0.0848. The predicted octanol–water partition coefficient (Wildman–Crippen LogP) is 3.36. The average Bonchev–Trinajstić information content (AvgIpc) is 3.23. The highest BCUT2D eigenvalue weighted by atomic mass is 32.1. The van der Waals surface area contributed by atoms with E-state index in [0.29, 0.717) is 15.6 Å². The molecule has 0 aliphatic carbocycles. The number of esters is 1. The molecular formula is C16H12N2O4S. The van der Waals surface area contributed by atoms with Crippen molar-refractivity contribution in [2.45, 2.75) is 13.5 Å². The fourth-order valence-electron chi connectivity index (χ4n) is 1.84. The lowest BCUT2D eigenvalue weighted by atomic mass is 10.2. The van der Waals surface area contributed by atoms with Gasteiger partial charge in [0.15, 0.2) is 12.4 Å². The van der Waals surface area contributed by atoms with Crippen LogP contribution in [0.3, 0.4) is 0 Å². The fourth-order valence-corrected chi connectivity index (χ4v) is 2.64. The smallest absolute Gasteiger partial charge is 0.348 e. The van der Waals surface area contributed by atoms with E-state index in [2.05, 4.69) is 10.2 Å². The topological polar surface area (TPSA) is 82.3 Å². The number of thiophene rings is 1. The third-order valence-electron chi connectivity index (χ3n) is 2.97. The quantitative estimate of drug-likeness (QED) is 0.527. The maximum atomic E-state index is 11.9. The lowest BCUT2D eigenvalue weighted by Gasteiger charge is -1.98. The Labute approximate surface area is 135 Å². The van der Waals surface area contributed by atoms with Crippen LogP contribution in [0.1, 0.15) is 32.2 Å². The number of hydrogen-bond acceptors (Lipinski definition) is 7. The summed E-state index contributed by atoms with van der Waals surface area (Å²) in [4.78, 5) is 24.0. The van der Waals surface area contributed by atoms with E-state index in [4.69, 9.17) is 9.15 Å². The molecule has 0 N–H and O–H groups in total. The molecular weight excluding hydrogens is 316 g/mol. The number of hydrogen-bond donors (Lipinski definition) is 0. The van der Waals surface area contributed by atoms with Gasteiger partial charge in [0.1, 0.15) is 4.88 Å². The van der Waals surface area contributed by atoms with Crippen LogP contribution in [0.25, 0.3) is 11.5 Å². The Morgan fingerprint density at radius 1 is 1.09 bits per heavy atom. The summed E-state index contributed by atoms with van der Waals surface area (Å²) in [5, 5.41) is 7.76. The maximum Gasteiger partial charge on any atom is 0.348 e. The number of carbonyl (C=O) groups excluding carboxylic acids is 2. The molecule has 1 aromatic carbocycles. The van der Waals surface area contributed by atoms with Crippen molar-refractivity contribution in [1.82, 2.24) is 10.2 Å². The lowest BCUT2D eigenvalue weighted by Crippen LogP contribution is -2.03. The first-order valence-electron chi connectivity index (χ1n) is 6.79. The summed E-state index contributed by atoms with van der Waals surface area (Å²) in [6.07, 6.45) is 0. The molecule has 3 aromatic rings. The molecule has 0 aliphatic rings. The van der Waals surface area contributed by atoms with Crippen LogP contribution in [0.2, 0.25) is 0 Å². The number of aromatic nitrogens is 2. The van der Waals surface area contributed by atoms with Gasteiger partial charge in [0.05, 0.1) is 4.88 Å². The van der Waals surface area contributed by atoms with E-state index in [1.807, 2.05) is 30.3 Å². The SMILES string of the molecule is CC(=O)c1ccc(C(=O)OCc2nnc(-c3ccccc3)o2)s1. The summed E-state index contributed by atoms with van der Waals surface area (Å²) in [6, 6.07) is 12.5. The van der Waals surface area contributed by atoms with Gasteiger partial charge in [0.2, 0.25) is 5.89 Å². The first-order valence-corrected chi connectivity index (χ1v) is 7.61. The molecule has 6 nitrogen and oxygen atoms in total. The fraction of sp³-hybridized carbons (Fsp3) is 0.125. The van der Waals surface area contributed by atoms with Crippen molar-refractivity contribution in [2.24, 2.45) is 0 Å². The van der Waals surface area contributed by atoms with Crippen LogP contribution in [0.5, 0.6) is 0 Å². The Morgan fingerprint density at radius 2 is 1.83 bits per heavy atom. The highest BCUT2D eigenvalue weighted by molar-refractivity contribution is 7.15. The third-order valence-corrected chi connectivity index (χ3v) is 4.13. The van der Waals surface area contributed by atoms with Crippen LogP contribution < -0.4 is 0 Å². The first kappa shape index (κ1) is 15.1. The van der Waals surface area contributed by atoms with E-state index in [1.165, 1.54) is 6.92 Å². The molecule has 0 atom stereocenters. The normalized spacial score (nSPS) is 10.5. The summed E-state index contributed by atoms with van der Waals surface area (Å²) in [5.74, 6) is -0.0346. The standard InChI is InChI=1S/C16H12N2O4S/c1-10(19)12-7-8-13(23-12)16(20)21-9-14-17-18-15(22-14)11-5-3-2-4-6-11/h2-8H,9H2,1H3. The van der Waals surface area contributed by atoms with Gasteiger partial charge in [-0.25, -0.2) is 4.79 Å². The first-order chi connectivity index (χ1) is 11.1. The zero-order valence-corrected chi connectivity index (χ0v) is 13.0. The van der Waals surface area contributed by atoms with E-state index in [1.54, 1.807) is 12.1 Å². The maximum absolute atomic E-state index is 11.9. The minimum atomic E-state index is -0.526.